The van der Waals surface area contributed by atoms with E-state index in [0.717, 1.165) is 12.8 Å². The molecular weight excluding hydrogens is 304 g/mol. The van der Waals surface area contributed by atoms with Gasteiger partial charge in [-0.15, -0.1) is 0 Å². The van der Waals surface area contributed by atoms with E-state index in [1.807, 2.05) is 0 Å². The number of esters is 1. The number of aryl methyl sites for hydroxylation is 1. The van der Waals surface area contributed by atoms with E-state index in [1.165, 1.54) is 11.1 Å². The second-order valence-electron chi connectivity index (χ2n) is 5.79. The summed E-state index contributed by atoms with van der Waals surface area (Å²) in [6, 6.07) is 8.39. The fourth-order valence-electron chi connectivity index (χ4n) is 2.47. The van der Waals surface area contributed by atoms with Crippen LogP contribution in [-0.4, -0.2) is 16.9 Å². The number of benzene rings is 1. The third kappa shape index (κ3) is 3.59. The molecule has 2 rings (SSSR count). The maximum Gasteiger partial charge on any atom is 0.309 e. The Kier molecular flexibility index (Phi) is 4.67. The van der Waals surface area contributed by atoms with Gasteiger partial charge >= 0.3 is 5.97 Å². The summed E-state index contributed by atoms with van der Waals surface area (Å²) < 4.78 is 5.51. The van der Waals surface area contributed by atoms with Crippen LogP contribution in [0.1, 0.15) is 31.4 Å². The number of alkyl halides is 1. The second kappa shape index (κ2) is 6.08. The number of cyclic esters (lactones) is 1. The van der Waals surface area contributed by atoms with Gasteiger partial charge in [0.1, 0.15) is 6.10 Å². The molecule has 1 saturated heterocycles. The number of hydrogen-bond acceptors (Lipinski definition) is 2. The lowest BCUT2D eigenvalue weighted by Crippen LogP contribution is -2.25. The normalized spacial score (nSPS) is 24.6. The molecule has 0 spiro atoms. The highest BCUT2D eigenvalue weighted by atomic mass is 79.9. The van der Waals surface area contributed by atoms with Crippen molar-refractivity contribution in [3.63, 3.8) is 0 Å². The predicted molar refractivity (Wildman–Crippen MR) is 80.4 cm³/mol. The van der Waals surface area contributed by atoms with Crippen molar-refractivity contribution in [3.05, 3.63) is 35.4 Å². The Labute approximate surface area is 123 Å². The van der Waals surface area contributed by atoms with Gasteiger partial charge in [0.2, 0.25) is 0 Å². The van der Waals surface area contributed by atoms with E-state index < -0.39 is 0 Å². The van der Waals surface area contributed by atoms with Gasteiger partial charge in [0, 0.05) is 0 Å². The van der Waals surface area contributed by atoms with Crippen molar-refractivity contribution >= 4 is 21.9 Å². The van der Waals surface area contributed by atoms with E-state index in [2.05, 4.69) is 61.0 Å². The molecule has 0 bridgehead atoms. The molecule has 1 aromatic carbocycles. The average molecular weight is 325 g/mol. The Bertz CT molecular complexity index is 439. The zero-order valence-corrected chi connectivity index (χ0v) is 13.3. The lowest BCUT2D eigenvalue weighted by Gasteiger charge is -2.19. The van der Waals surface area contributed by atoms with E-state index in [4.69, 9.17) is 4.74 Å². The highest BCUT2D eigenvalue weighted by Gasteiger charge is 2.38. The highest BCUT2D eigenvalue weighted by molar-refractivity contribution is 9.09. The number of hydrogen-bond donors (Lipinski definition) is 0. The Hall–Kier alpha value is -0.830. The fraction of sp³-hybridized carbons (Fsp3) is 0.562. The first kappa shape index (κ1) is 14.6. The van der Waals surface area contributed by atoms with Gasteiger partial charge in [-0.1, -0.05) is 59.6 Å². The van der Waals surface area contributed by atoms with Crippen molar-refractivity contribution in [3.8, 4) is 0 Å². The largest absolute Gasteiger partial charge is 0.461 e. The molecule has 1 heterocycles. The Morgan fingerprint density at radius 1 is 1.32 bits per heavy atom. The number of carbonyl (C=O) groups is 1. The third-order valence-corrected chi connectivity index (χ3v) is 5.36. The van der Waals surface area contributed by atoms with Crippen molar-refractivity contribution in [1.29, 1.82) is 0 Å². The van der Waals surface area contributed by atoms with Crippen LogP contribution in [0.5, 0.6) is 0 Å². The quantitative estimate of drug-likeness (QED) is 0.620. The molecule has 2 nitrogen and oxygen atoms in total. The van der Waals surface area contributed by atoms with Crippen LogP contribution < -0.4 is 0 Å². The van der Waals surface area contributed by atoms with Crippen LogP contribution in [0.15, 0.2) is 24.3 Å². The first-order chi connectivity index (χ1) is 8.97. The zero-order valence-electron chi connectivity index (χ0n) is 11.7. The van der Waals surface area contributed by atoms with Crippen LogP contribution in [0.3, 0.4) is 0 Å². The second-order valence-corrected chi connectivity index (χ2v) is 6.84. The molecule has 3 heteroatoms. The average Bonchev–Trinajstić information content (AvgIpc) is 2.72. The molecule has 0 aromatic heterocycles. The summed E-state index contributed by atoms with van der Waals surface area (Å²) in [5.41, 5.74) is 2.46. The molecule has 104 valence electrons. The van der Waals surface area contributed by atoms with Crippen LogP contribution in [0.25, 0.3) is 0 Å². The lowest BCUT2D eigenvalue weighted by molar-refractivity contribution is -0.144. The van der Waals surface area contributed by atoms with Gasteiger partial charge < -0.3 is 4.74 Å². The highest BCUT2D eigenvalue weighted by Crippen LogP contribution is 2.32. The van der Waals surface area contributed by atoms with Gasteiger partial charge in [0.25, 0.3) is 0 Å². The fourth-order valence-corrected chi connectivity index (χ4v) is 2.79. The number of halogens is 1. The summed E-state index contributed by atoms with van der Waals surface area (Å²) in [6.07, 6.45) is 1.62. The zero-order chi connectivity index (χ0) is 14.0. The minimum atomic E-state index is -0.0457. The minimum Gasteiger partial charge on any atom is -0.461 e. The summed E-state index contributed by atoms with van der Waals surface area (Å²) in [5, 5.41) is 0. The van der Waals surface area contributed by atoms with Gasteiger partial charge in [-0.3, -0.25) is 4.79 Å². The Morgan fingerprint density at radius 3 is 2.53 bits per heavy atom. The molecule has 1 aliphatic rings. The summed E-state index contributed by atoms with van der Waals surface area (Å²) in [7, 11) is 0. The van der Waals surface area contributed by atoms with Crippen LogP contribution >= 0.6 is 15.9 Å². The van der Waals surface area contributed by atoms with Crippen LogP contribution in [0.2, 0.25) is 0 Å². The molecule has 0 amide bonds. The van der Waals surface area contributed by atoms with E-state index in [1.54, 1.807) is 0 Å². The monoisotopic (exact) mass is 324 g/mol. The van der Waals surface area contributed by atoms with E-state index in [0.29, 0.717) is 5.92 Å². The van der Waals surface area contributed by atoms with Gasteiger partial charge in [-0.25, -0.2) is 0 Å². The number of rotatable bonds is 4. The maximum atomic E-state index is 11.9. The maximum absolute atomic E-state index is 11.9. The Balaban J connectivity index is 1.98. The van der Waals surface area contributed by atoms with Crippen LogP contribution in [0.4, 0.5) is 0 Å². The van der Waals surface area contributed by atoms with E-state index in [9.17, 15) is 4.79 Å². The SMILES string of the molecule is Cc1ccc(C[C@@H]2C[C@@H]([C@H](Br)C(C)C)OC2=O)cc1. The first-order valence-corrected chi connectivity index (χ1v) is 7.79. The molecule has 0 unspecified atom stereocenters. The molecule has 0 saturated carbocycles. The molecule has 19 heavy (non-hydrogen) atoms. The lowest BCUT2D eigenvalue weighted by atomic mass is 9.93. The third-order valence-electron chi connectivity index (χ3n) is 3.71. The number of carbonyl (C=O) groups excluding carboxylic acids is 1. The van der Waals surface area contributed by atoms with Gasteiger partial charge in [0.15, 0.2) is 0 Å². The smallest absolute Gasteiger partial charge is 0.309 e. The van der Waals surface area contributed by atoms with Crippen molar-refractivity contribution in [2.75, 3.05) is 0 Å². The van der Waals surface area contributed by atoms with Crippen molar-refractivity contribution in [2.24, 2.45) is 11.8 Å². The van der Waals surface area contributed by atoms with Gasteiger partial charge in [-0.2, -0.15) is 0 Å². The molecule has 0 N–H and O–H groups in total. The standard InChI is InChI=1S/C16H21BrO2/c1-10(2)15(17)14-9-13(16(18)19-14)8-12-6-4-11(3)5-7-12/h4-7,10,13-15H,8-9H2,1-3H3/t13-,14+,15-/m1/s1. The topological polar surface area (TPSA) is 26.3 Å². The number of ether oxygens (including phenoxy) is 1. The van der Waals surface area contributed by atoms with Gasteiger partial charge in [-0.05, 0) is 31.2 Å². The molecule has 0 radical (unpaired) electrons. The molecule has 3 atom stereocenters. The van der Waals surface area contributed by atoms with E-state index >= 15 is 0 Å². The van der Waals surface area contributed by atoms with Crippen LogP contribution in [0, 0.1) is 18.8 Å². The molecule has 1 aromatic rings. The summed E-state index contributed by atoms with van der Waals surface area (Å²) in [4.78, 5) is 12.2. The minimum absolute atomic E-state index is 0.00602. The molecule has 0 aliphatic carbocycles. The van der Waals surface area contributed by atoms with Crippen molar-refractivity contribution < 1.29 is 9.53 Å². The molecule has 1 aliphatic heterocycles. The molecule has 1 fully saturated rings. The molecular formula is C16H21BrO2. The summed E-state index contributed by atoms with van der Waals surface area (Å²) >= 11 is 3.64. The van der Waals surface area contributed by atoms with Gasteiger partial charge in [0.05, 0.1) is 10.7 Å². The summed E-state index contributed by atoms with van der Waals surface area (Å²) in [6.45, 7) is 6.35. The van der Waals surface area contributed by atoms with Crippen molar-refractivity contribution in [1.82, 2.24) is 0 Å². The van der Waals surface area contributed by atoms with E-state index in [-0.39, 0.29) is 22.8 Å². The Morgan fingerprint density at radius 2 is 1.95 bits per heavy atom. The predicted octanol–water partition coefficient (Wildman–Crippen LogP) is 3.89. The van der Waals surface area contributed by atoms with Crippen LogP contribution in [-0.2, 0) is 16.0 Å². The van der Waals surface area contributed by atoms with Crippen molar-refractivity contribution in [2.45, 2.75) is 44.5 Å². The first-order valence-electron chi connectivity index (χ1n) is 6.87. The summed E-state index contributed by atoms with van der Waals surface area (Å²) in [5.74, 6) is 0.429.